The highest BCUT2D eigenvalue weighted by atomic mass is 35.5. The van der Waals surface area contributed by atoms with Crippen LogP contribution in [0.15, 0.2) is 18.2 Å². The number of halogens is 2. The molecule has 1 aliphatic heterocycles. The predicted molar refractivity (Wildman–Crippen MR) is 83.5 cm³/mol. The molecule has 2 aliphatic rings. The first-order valence-corrected chi connectivity index (χ1v) is 8.15. The first-order chi connectivity index (χ1) is 9.97. The van der Waals surface area contributed by atoms with Crippen molar-refractivity contribution in [1.82, 2.24) is 4.90 Å². The lowest BCUT2D eigenvalue weighted by atomic mass is 9.68. The van der Waals surface area contributed by atoms with Crippen LogP contribution in [-0.2, 0) is 4.79 Å². The average Bonchev–Trinajstić information content (AvgIpc) is 2.82. The van der Waals surface area contributed by atoms with Gasteiger partial charge in [0.25, 0.3) is 0 Å². The van der Waals surface area contributed by atoms with Crippen LogP contribution in [0.2, 0.25) is 10.0 Å². The van der Waals surface area contributed by atoms with Gasteiger partial charge in [-0.3, -0.25) is 4.79 Å². The third kappa shape index (κ3) is 3.20. The summed E-state index contributed by atoms with van der Waals surface area (Å²) in [5, 5.41) is 11.2. The second-order valence-corrected chi connectivity index (χ2v) is 7.21. The molecule has 1 N–H and O–H groups in total. The molecule has 1 saturated heterocycles. The molecule has 1 saturated carbocycles. The molecule has 1 heterocycles. The summed E-state index contributed by atoms with van der Waals surface area (Å²) in [6.45, 7) is 1.68. The number of aliphatic hydroxyl groups excluding tert-OH is 1. The fraction of sp³-hybridized carbons (Fsp3) is 0.562. The van der Waals surface area contributed by atoms with Gasteiger partial charge in [-0.2, -0.15) is 0 Å². The monoisotopic (exact) mass is 327 g/mol. The molecule has 0 aromatic heterocycles. The Bertz CT molecular complexity index is 537. The van der Waals surface area contributed by atoms with Gasteiger partial charge in [0.05, 0.1) is 12.5 Å². The van der Waals surface area contributed by atoms with Gasteiger partial charge < -0.3 is 10.0 Å². The van der Waals surface area contributed by atoms with Crippen LogP contribution >= 0.6 is 23.2 Å². The van der Waals surface area contributed by atoms with Crippen LogP contribution < -0.4 is 0 Å². The van der Waals surface area contributed by atoms with Gasteiger partial charge in [0.1, 0.15) is 0 Å². The van der Waals surface area contributed by atoms with Crippen molar-refractivity contribution in [2.24, 2.45) is 5.41 Å². The molecule has 5 heteroatoms. The third-order valence-electron chi connectivity index (χ3n) is 4.84. The van der Waals surface area contributed by atoms with Crippen molar-refractivity contribution in [2.75, 3.05) is 13.1 Å². The number of hydrogen-bond acceptors (Lipinski definition) is 2. The lowest BCUT2D eigenvalue weighted by Gasteiger charge is -2.38. The zero-order valence-electron chi connectivity index (χ0n) is 11.8. The van der Waals surface area contributed by atoms with E-state index in [1.54, 1.807) is 18.2 Å². The van der Waals surface area contributed by atoms with Crippen LogP contribution in [0.1, 0.15) is 43.8 Å². The Morgan fingerprint density at radius 3 is 2.43 bits per heavy atom. The molecule has 1 atom stereocenters. The highest BCUT2D eigenvalue weighted by Gasteiger charge is 2.44. The van der Waals surface area contributed by atoms with E-state index in [1.165, 1.54) is 19.3 Å². The second-order valence-electron chi connectivity index (χ2n) is 6.34. The summed E-state index contributed by atoms with van der Waals surface area (Å²) in [6, 6.07) is 4.92. The number of likely N-dealkylation sites (tertiary alicyclic amines) is 1. The van der Waals surface area contributed by atoms with Gasteiger partial charge in [-0.05, 0) is 48.4 Å². The van der Waals surface area contributed by atoms with E-state index in [9.17, 15) is 9.90 Å². The summed E-state index contributed by atoms with van der Waals surface area (Å²) in [5.74, 6) is 0.0161. The molecule has 114 valence electrons. The van der Waals surface area contributed by atoms with E-state index < -0.39 is 6.10 Å². The molecule has 1 aromatic carbocycles. The van der Waals surface area contributed by atoms with Crippen LogP contribution in [0.3, 0.4) is 0 Å². The predicted octanol–water partition coefficient (Wildman–Crippen LogP) is 3.82. The smallest absolute Gasteiger partial charge is 0.225 e. The van der Waals surface area contributed by atoms with Crippen molar-refractivity contribution in [3.63, 3.8) is 0 Å². The maximum Gasteiger partial charge on any atom is 0.225 e. The number of nitrogens with zero attached hydrogens (tertiary/aromatic N) is 1. The lowest BCUT2D eigenvalue weighted by Crippen LogP contribution is -2.36. The average molecular weight is 328 g/mol. The SMILES string of the molecule is O=C(CC(O)c1cc(Cl)cc(Cl)c1)N1CCC2(CCC2)C1. The quantitative estimate of drug-likeness (QED) is 0.916. The third-order valence-corrected chi connectivity index (χ3v) is 5.28. The maximum atomic E-state index is 12.3. The van der Waals surface area contributed by atoms with Crippen molar-refractivity contribution in [2.45, 2.75) is 38.2 Å². The van der Waals surface area contributed by atoms with Crippen molar-refractivity contribution in [1.29, 1.82) is 0 Å². The Morgan fingerprint density at radius 1 is 1.24 bits per heavy atom. The number of aliphatic hydroxyl groups is 1. The molecule has 1 spiro atoms. The van der Waals surface area contributed by atoms with Crippen LogP contribution in [0.4, 0.5) is 0 Å². The molecule has 0 bridgehead atoms. The van der Waals surface area contributed by atoms with Gasteiger partial charge in [-0.25, -0.2) is 0 Å². The number of hydrogen-bond donors (Lipinski definition) is 1. The fourth-order valence-electron chi connectivity index (χ4n) is 3.41. The molecule has 1 aromatic rings. The van der Waals surface area contributed by atoms with Crippen molar-refractivity contribution in [3.05, 3.63) is 33.8 Å². The molecule has 1 amide bonds. The van der Waals surface area contributed by atoms with E-state index in [-0.39, 0.29) is 12.3 Å². The lowest BCUT2D eigenvalue weighted by molar-refractivity contribution is -0.133. The minimum atomic E-state index is -0.855. The first kappa shape index (κ1) is 15.1. The summed E-state index contributed by atoms with van der Waals surface area (Å²) in [6.07, 6.45) is 4.11. The molecule has 1 aliphatic carbocycles. The Hall–Kier alpha value is -0.770. The van der Waals surface area contributed by atoms with Gasteiger partial charge >= 0.3 is 0 Å². The van der Waals surface area contributed by atoms with Gasteiger partial charge in [-0.1, -0.05) is 29.6 Å². The second kappa shape index (κ2) is 5.79. The highest BCUT2D eigenvalue weighted by molar-refractivity contribution is 6.34. The number of carbonyl (C=O) groups excluding carboxylic acids is 1. The molecule has 2 fully saturated rings. The Balaban J connectivity index is 1.61. The summed E-state index contributed by atoms with van der Waals surface area (Å²) < 4.78 is 0. The van der Waals surface area contributed by atoms with E-state index in [0.717, 1.165) is 19.5 Å². The van der Waals surface area contributed by atoms with Gasteiger partial charge in [0, 0.05) is 23.1 Å². The van der Waals surface area contributed by atoms with E-state index in [2.05, 4.69) is 0 Å². The first-order valence-electron chi connectivity index (χ1n) is 7.39. The highest BCUT2D eigenvalue weighted by Crippen LogP contribution is 2.48. The normalized spacial score (nSPS) is 21.4. The number of amides is 1. The molecule has 1 unspecified atom stereocenters. The zero-order chi connectivity index (χ0) is 15.0. The molecule has 0 radical (unpaired) electrons. The Labute approximate surface area is 134 Å². The van der Waals surface area contributed by atoms with Crippen LogP contribution in [0.5, 0.6) is 0 Å². The summed E-state index contributed by atoms with van der Waals surface area (Å²) in [5.41, 5.74) is 0.985. The number of benzene rings is 1. The largest absolute Gasteiger partial charge is 0.388 e. The van der Waals surface area contributed by atoms with Crippen LogP contribution in [0, 0.1) is 5.41 Å². The summed E-state index contributed by atoms with van der Waals surface area (Å²) in [4.78, 5) is 14.2. The van der Waals surface area contributed by atoms with E-state index >= 15 is 0 Å². The molecular weight excluding hydrogens is 309 g/mol. The molecular formula is C16H19Cl2NO2. The zero-order valence-corrected chi connectivity index (χ0v) is 13.3. The molecule has 3 rings (SSSR count). The van der Waals surface area contributed by atoms with Gasteiger partial charge in [-0.15, -0.1) is 0 Å². The van der Waals surface area contributed by atoms with Crippen LogP contribution in [0.25, 0.3) is 0 Å². The van der Waals surface area contributed by atoms with E-state index in [4.69, 9.17) is 23.2 Å². The summed E-state index contributed by atoms with van der Waals surface area (Å²) in [7, 11) is 0. The van der Waals surface area contributed by atoms with Crippen molar-refractivity contribution in [3.8, 4) is 0 Å². The topological polar surface area (TPSA) is 40.5 Å². The Kier molecular flexibility index (Phi) is 4.17. The van der Waals surface area contributed by atoms with Crippen LogP contribution in [-0.4, -0.2) is 29.0 Å². The van der Waals surface area contributed by atoms with E-state index in [0.29, 0.717) is 21.0 Å². The van der Waals surface area contributed by atoms with Gasteiger partial charge in [0.15, 0.2) is 0 Å². The van der Waals surface area contributed by atoms with Gasteiger partial charge in [0.2, 0.25) is 5.91 Å². The number of rotatable bonds is 3. The maximum absolute atomic E-state index is 12.3. The molecule has 21 heavy (non-hydrogen) atoms. The number of carbonyl (C=O) groups is 1. The molecule has 3 nitrogen and oxygen atoms in total. The standard InChI is InChI=1S/C16H19Cl2NO2/c17-12-6-11(7-13(18)8-12)14(20)9-15(21)19-5-4-16(10-19)2-1-3-16/h6-8,14,20H,1-5,9-10H2. The van der Waals surface area contributed by atoms with Crippen molar-refractivity contribution >= 4 is 29.1 Å². The minimum Gasteiger partial charge on any atom is -0.388 e. The van der Waals surface area contributed by atoms with E-state index in [1.807, 2.05) is 4.90 Å². The Morgan fingerprint density at radius 2 is 1.90 bits per heavy atom. The summed E-state index contributed by atoms with van der Waals surface area (Å²) >= 11 is 11.9. The minimum absolute atomic E-state index is 0.0161. The van der Waals surface area contributed by atoms with Crippen molar-refractivity contribution < 1.29 is 9.90 Å². The fourth-order valence-corrected chi connectivity index (χ4v) is 3.96.